The summed E-state index contributed by atoms with van der Waals surface area (Å²) in [7, 11) is 0. The van der Waals surface area contributed by atoms with E-state index in [2.05, 4.69) is 137 Å². The van der Waals surface area contributed by atoms with Crippen molar-refractivity contribution < 1.29 is 61.6 Å². The maximum absolute atomic E-state index is 7.48. The van der Waals surface area contributed by atoms with Crippen LogP contribution >= 0.6 is 0 Å². The van der Waals surface area contributed by atoms with Gasteiger partial charge in [0.15, 0.2) is 5.79 Å². The van der Waals surface area contributed by atoms with Crippen molar-refractivity contribution in [2.24, 2.45) is 53.3 Å². The van der Waals surface area contributed by atoms with Crippen molar-refractivity contribution in [2.75, 3.05) is 6.61 Å². The Morgan fingerprint density at radius 3 is 1.84 bits per heavy atom. The SMILES string of the molecule is CC[C@@H](C)/C=C/[C@H]1C=CC[C@@H]2O[C@@H]3C[C@@H]4O[C@@H]5C=C[C@@H]6O[C@@H]7C[C@@H](C)[C@]8(C)O[C@@H]9C[C@H](C)C[C@@H]%10O[C@H]%11[C@H](C[C@H]%10O[C@H]9C[C@H]8O[C@H]7C/C=C\C[C@H]6O[C@H]5C=C[C@H]4O[C@H]3[C@H](C)[C@H]2O1)O[C@@H]1[C@@H](C)[C@H](C)[C@@]2(C[C@H](C)CO2)O[C@H]1C(C)[C@@H]%11C. The Labute approximate surface area is 472 Å². The standard InChI is InChI=1S/C66H98O13/c1-12-34(2)20-21-43-16-15-19-50-61(68-43)41(9)62-57(72-50)29-53-49(75-62)25-24-47-48(71-53)23-22-46-44(69-47)17-13-14-18-45-52(70-46)28-37(5)65(11)59(74-45)31-55-56(78-65)27-35(3)26-51-54(73-55)30-58-60(76-51)38(6)39(7)64-63(77-58)40(8)42(10)66(79-64)32-36(4)33-67-66/h13-16,20-25,34-64H,12,17-19,26-33H2,1-11H3/b14-13-,21-20+/t34-,35-,36+,37-,38+,39?,40+,41-,42+,43-,44-,45+,46+,47+,48-,49-,50+,51+,52-,53+,54-,55+,56-,57-,58+,59-,60-,61-,62+,63-,64+,65+,66-/m1/s1. The van der Waals surface area contributed by atoms with Gasteiger partial charge in [-0.3, -0.25) is 0 Å². The van der Waals surface area contributed by atoms with Crippen LogP contribution in [0.25, 0.3) is 0 Å². The molecule has 9 fully saturated rings. The Kier molecular flexibility index (Phi) is 16.1. The molecule has 0 aliphatic carbocycles. The zero-order valence-electron chi connectivity index (χ0n) is 49.5. The first-order chi connectivity index (χ1) is 38.0. The molecule has 33 atom stereocenters. The molecule has 1 spiro atoms. The fraction of sp³-hybridized carbons (Fsp3) is 0.848. The second kappa shape index (κ2) is 22.6. The van der Waals surface area contributed by atoms with Gasteiger partial charge in [0.1, 0.15) is 24.4 Å². The third-order valence-electron chi connectivity index (χ3n) is 22.6. The maximum atomic E-state index is 7.48. The molecule has 13 aliphatic rings. The molecular weight excluding hydrogens is 1000 g/mol. The van der Waals surface area contributed by atoms with Crippen LogP contribution in [0, 0.1) is 53.3 Å². The van der Waals surface area contributed by atoms with Crippen molar-refractivity contribution in [3.8, 4) is 0 Å². The summed E-state index contributed by atoms with van der Waals surface area (Å²) in [5.41, 5.74) is -0.523. The zero-order chi connectivity index (χ0) is 54.6. The lowest BCUT2D eigenvalue weighted by Gasteiger charge is -2.53. The Morgan fingerprint density at radius 1 is 0.468 bits per heavy atom. The van der Waals surface area contributed by atoms with E-state index in [1.54, 1.807) is 0 Å². The number of rotatable bonds is 3. The number of allylic oxidation sites excluding steroid dienone is 1. The van der Waals surface area contributed by atoms with E-state index in [0.29, 0.717) is 17.8 Å². The molecule has 0 aromatic carbocycles. The van der Waals surface area contributed by atoms with E-state index in [4.69, 9.17) is 61.6 Å². The van der Waals surface area contributed by atoms with Gasteiger partial charge in [-0.25, -0.2) is 0 Å². The van der Waals surface area contributed by atoms with Gasteiger partial charge in [0.25, 0.3) is 0 Å². The van der Waals surface area contributed by atoms with Crippen LogP contribution in [0.2, 0.25) is 0 Å². The third kappa shape index (κ3) is 10.6. The number of ether oxygens (including phenoxy) is 13. The van der Waals surface area contributed by atoms with E-state index in [1.807, 2.05) is 0 Å². The van der Waals surface area contributed by atoms with Crippen LogP contribution in [0.15, 0.2) is 60.8 Å². The Hall–Kier alpha value is -1.82. The summed E-state index contributed by atoms with van der Waals surface area (Å²) in [5, 5.41) is 0. The highest BCUT2D eigenvalue weighted by Crippen LogP contribution is 2.54. The maximum Gasteiger partial charge on any atom is 0.171 e. The second-order valence-corrected chi connectivity index (χ2v) is 28.1. The summed E-state index contributed by atoms with van der Waals surface area (Å²) in [6, 6.07) is 0. The minimum atomic E-state index is -0.541. The Morgan fingerprint density at radius 2 is 1.06 bits per heavy atom. The fourth-order valence-corrected chi connectivity index (χ4v) is 17.1. The summed E-state index contributed by atoms with van der Waals surface area (Å²) in [5.74, 6) is 2.17. The molecule has 13 heterocycles. The summed E-state index contributed by atoms with van der Waals surface area (Å²) in [4.78, 5) is 0. The van der Waals surface area contributed by atoms with Crippen LogP contribution < -0.4 is 0 Å². The molecule has 13 rings (SSSR count). The Bertz CT molecular complexity index is 2290. The van der Waals surface area contributed by atoms with Crippen LogP contribution in [0.3, 0.4) is 0 Å². The quantitative estimate of drug-likeness (QED) is 0.250. The van der Waals surface area contributed by atoms with Gasteiger partial charge >= 0.3 is 0 Å². The molecule has 13 nitrogen and oxygen atoms in total. The first kappa shape index (κ1) is 56.3. The monoisotopic (exact) mass is 1100 g/mol. The lowest BCUT2D eigenvalue weighted by atomic mass is 9.73. The predicted octanol–water partition coefficient (Wildman–Crippen LogP) is 10.8. The van der Waals surface area contributed by atoms with Gasteiger partial charge in [-0.2, -0.15) is 0 Å². The molecule has 1 unspecified atom stereocenters. The van der Waals surface area contributed by atoms with E-state index in [9.17, 15) is 0 Å². The predicted molar refractivity (Wildman–Crippen MR) is 298 cm³/mol. The number of hydrogen-bond acceptors (Lipinski definition) is 13. The lowest BCUT2D eigenvalue weighted by molar-refractivity contribution is -0.335. The van der Waals surface area contributed by atoms with E-state index >= 15 is 0 Å². The largest absolute Gasteiger partial charge is 0.369 e. The highest BCUT2D eigenvalue weighted by atomic mass is 16.7. The summed E-state index contributed by atoms with van der Waals surface area (Å²) in [6.45, 7) is 26.2. The molecule has 0 bridgehead atoms. The van der Waals surface area contributed by atoms with Crippen molar-refractivity contribution in [3.05, 3.63) is 60.8 Å². The van der Waals surface area contributed by atoms with E-state index in [0.717, 1.165) is 77.2 Å². The van der Waals surface area contributed by atoms with Crippen molar-refractivity contribution in [1.82, 2.24) is 0 Å². The van der Waals surface area contributed by atoms with Gasteiger partial charge in [-0.05, 0) is 86.9 Å². The van der Waals surface area contributed by atoms with Gasteiger partial charge in [0, 0.05) is 37.5 Å². The average Bonchev–Trinajstić information content (AvgIpc) is 3.66. The summed E-state index contributed by atoms with van der Waals surface area (Å²) in [6.07, 6.45) is 28.7. The van der Waals surface area contributed by atoms with Crippen LogP contribution in [0.1, 0.15) is 147 Å². The minimum Gasteiger partial charge on any atom is -0.369 e. The van der Waals surface area contributed by atoms with Crippen molar-refractivity contribution >= 4 is 0 Å². The number of hydrogen-bond donors (Lipinski definition) is 0. The Balaban J connectivity index is 0.677. The zero-order valence-corrected chi connectivity index (χ0v) is 49.5. The van der Waals surface area contributed by atoms with E-state index in [1.165, 1.54) is 0 Å². The normalized spacial score (nSPS) is 56.8. The first-order valence-electron chi connectivity index (χ1n) is 31.9. The van der Waals surface area contributed by atoms with Crippen molar-refractivity contribution in [3.63, 3.8) is 0 Å². The van der Waals surface area contributed by atoms with Crippen molar-refractivity contribution in [2.45, 2.75) is 292 Å². The van der Waals surface area contributed by atoms with Gasteiger partial charge in [-0.15, -0.1) is 0 Å². The molecule has 440 valence electrons. The highest BCUT2D eigenvalue weighted by molar-refractivity contribution is 5.18. The molecule has 79 heavy (non-hydrogen) atoms. The second-order valence-electron chi connectivity index (χ2n) is 28.1. The molecule has 13 heteroatoms. The molecule has 0 saturated carbocycles. The average molecular weight is 1100 g/mol. The summed E-state index contributed by atoms with van der Waals surface area (Å²) < 4.78 is 92.8. The van der Waals surface area contributed by atoms with Crippen LogP contribution in [0.5, 0.6) is 0 Å². The van der Waals surface area contributed by atoms with Gasteiger partial charge < -0.3 is 61.6 Å². The van der Waals surface area contributed by atoms with Crippen LogP contribution in [0.4, 0.5) is 0 Å². The van der Waals surface area contributed by atoms with E-state index < -0.39 is 11.4 Å². The summed E-state index contributed by atoms with van der Waals surface area (Å²) >= 11 is 0. The molecule has 0 radical (unpaired) electrons. The van der Waals surface area contributed by atoms with E-state index in [-0.39, 0.29) is 170 Å². The smallest absolute Gasteiger partial charge is 0.171 e. The molecule has 9 saturated heterocycles. The topological polar surface area (TPSA) is 120 Å². The molecule has 0 amide bonds. The fourth-order valence-electron chi connectivity index (χ4n) is 17.1. The van der Waals surface area contributed by atoms with Crippen LogP contribution in [-0.2, 0) is 61.6 Å². The number of fused-ring (bicyclic) bond motifs is 11. The third-order valence-corrected chi connectivity index (χ3v) is 22.6. The van der Waals surface area contributed by atoms with Crippen LogP contribution in [-0.4, -0.2) is 152 Å². The first-order valence-corrected chi connectivity index (χ1v) is 31.9. The molecule has 13 aliphatic heterocycles. The minimum absolute atomic E-state index is 0.0210. The van der Waals surface area contributed by atoms with Gasteiger partial charge in [0.2, 0.25) is 0 Å². The molecule has 0 aromatic rings. The molecular formula is C66H98O13. The highest BCUT2D eigenvalue weighted by Gasteiger charge is 2.62. The molecule has 0 N–H and O–H groups in total. The van der Waals surface area contributed by atoms with Gasteiger partial charge in [-0.1, -0.05) is 136 Å². The van der Waals surface area contributed by atoms with Crippen molar-refractivity contribution in [1.29, 1.82) is 0 Å². The lowest BCUT2D eigenvalue weighted by Crippen LogP contribution is -2.62. The van der Waals surface area contributed by atoms with Gasteiger partial charge in [0.05, 0.1) is 122 Å². The molecule has 0 aromatic heterocycles.